The molecule has 2 heteroatoms. The molecule has 0 amide bonds. The van der Waals surface area contributed by atoms with Gasteiger partial charge in [-0.05, 0) is 33.2 Å². The third-order valence-electron chi connectivity index (χ3n) is 3.18. The van der Waals surface area contributed by atoms with Crippen molar-refractivity contribution < 1.29 is 4.74 Å². The van der Waals surface area contributed by atoms with Gasteiger partial charge >= 0.3 is 0 Å². The Morgan fingerprint density at radius 2 is 2.33 bits per heavy atom. The molecular weight excluding hydrogens is 186 g/mol. The topological polar surface area (TPSA) is 21.3 Å². The summed E-state index contributed by atoms with van der Waals surface area (Å²) in [5.41, 5.74) is 0. The van der Waals surface area contributed by atoms with Crippen molar-refractivity contribution in [3.05, 3.63) is 0 Å². The van der Waals surface area contributed by atoms with Crippen molar-refractivity contribution in [3.63, 3.8) is 0 Å². The molecule has 1 aliphatic rings. The van der Waals surface area contributed by atoms with E-state index in [9.17, 15) is 0 Å². The first-order chi connectivity index (χ1) is 7.29. The van der Waals surface area contributed by atoms with E-state index < -0.39 is 0 Å². The molecule has 86 valence electrons. The van der Waals surface area contributed by atoms with Gasteiger partial charge in [-0.25, -0.2) is 0 Å². The third-order valence-corrected chi connectivity index (χ3v) is 3.18. The highest BCUT2D eigenvalue weighted by Crippen LogP contribution is 2.26. The number of nitrogens with one attached hydrogen (secondary N) is 1. The van der Waals surface area contributed by atoms with E-state index in [0.717, 1.165) is 26.0 Å². The van der Waals surface area contributed by atoms with Crippen LogP contribution in [0.5, 0.6) is 0 Å². The standard InChI is InChI=1S/C13H23NO/c1-4-6-7-8-13(14-5-2)12-9-10-15-11(12)3/h11-14H,5,7-10H2,1-3H3. The van der Waals surface area contributed by atoms with Gasteiger partial charge in [-0.2, -0.15) is 0 Å². The maximum Gasteiger partial charge on any atom is 0.0590 e. The lowest BCUT2D eigenvalue weighted by Crippen LogP contribution is -2.39. The summed E-state index contributed by atoms with van der Waals surface area (Å²) in [6, 6.07) is 0.577. The molecule has 0 aliphatic carbocycles. The summed E-state index contributed by atoms with van der Waals surface area (Å²) in [5, 5.41) is 3.57. The Labute approximate surface area is 93.8 Å². The molecule has 0 saturated carbocycles. The molecule has 1 aliphatic heterocycles. The molecule has 1 rings (SSSR count). The van der Waals surface area contributed by atoms with Crippen molar-refractivity contribution >= 4 is 0 Å². The maximum absolute atomic E-state index is 5.62. The third kappa shape index (κ3) is 3.85. The monoisotopic (exact) mass is 209 g/mol. The minimum atomic E-state index is 0.406. The average molecular weight is 209 g/mol. The normalized spacial score (nSPS) is 27.1. The van der Waals surface area contributed by atoms with Crippen molar-refractivity contribution in [2.45, 2.75) is 52.2 Å². The average Bonchev–Trinajstić information content (AvgIpc) is 2.64. The largest absolute Gasteiger partial charge is 0.378 e. The molecule has 15 heavy (non-hydrogen) atoms. The quantitative estimate of drug-likeness (QED) is 0.701. The van der Waals surface area contributed by atoms with Crippen molar-refractivity contribution in [3.8, 4) is 11.8 Å². The molecular formula is C13H23NO. The molecule has 0 aromatic heterocycles. The van der Waals surface area contributed by atoms with E-state index in [1.165, 1.54) is 6.42 Å². The lowest BCUT2D eigenvalue weighted by molar-refractivity contribution is 0.0947. The number of hydrogen-bond acceptors (Lipinski definition) is 2. The molecule has 0 radical (unpaired) electrons. The van der Waals surface area contributed by atoms with Crippen molar-refractivity contribution in [2.24, 2.45) is 5.92 Å². The molecule has 0 aromatic carbocycles. The highest BCUT2D eigenvalue weighted by molar-refractivity contribution is 4.96. The summed E-state index contributed by atoms with van der Waals surface area (Å²) in [6.07, 6.45) is 3.74. The smallest absolute Gasteiger partial charge is 0.0590 e. The van der Waals surface area contributed by atoms with Crippen LogP contribution in [0.4, 0.5) is 0 Å². The molecule has 1 fully saturated rings. The first kappa shape index (κ1) is 12.5. The summed E-state index contributed by atoms with van der Waals surface area (Å²) >= 11 is 0. The van der Waals surface area contributed by atoms with Gasteiger partial charge in [-0.1, -0.05) is 6.92 Å². The second-order valence-electron chi connectivity index (χ2n) is 4.16. The summed E-state index contributed by atoms with van der Waals surface area (Å²) in [5.74, 6) is 6.77. The summed E-state index contributed by atoms with van der Waals surface area (Å²) in [6.45, 7) is 8.22. The second kappa shape index (κ2) is 6.87. The SMILES string of the molecule is CC#CCCC(NCC)C1CCOC1C. The summed E-state index contributed by atoms with van der Waals surface area (Å²) in [4.78, 5) is 0. The van der Waals surface area contributed by atoms with Gasteiger partial charge in [0.05, 0.1) is 6.10 Å². The lowest BCUT2D eigenvalue weighted by Gasteiger charge is -2.26. The molecule has 3 atom stereocenters. The van der Waals surface area contributed by atoms with Crippen LogP contribution in [-0.4, -0.2) is 25.3 Å². The van der Waals surface area contributed by atoms with Crippen molar-refractivity contribution in [2.75, 3.05) is 13.2 Å². The van der Waals surface area contributed by atoms with Crippen LogP contribution in [-0.2, 0) is 4.74 Å². The predicted octanol–water partition coefficient (Wildman–Crippen LogP) is 2.19. The van der Waals surface area contributed by atoms with Gasteiger partial charge in [-0.15, -0.1) is 11.8 Å². The molecule has 1 N–H and O–H groups in total. The Balaban J connectivity index is 2.43. The molecule has 1 heterocycles. The van der Waals surface area contributed by atoms with Crippen LogP contribution >= 0.6 is 0 Å². The van der Waals surface area contributed by atoms with Crippen molar-refractivity contribution in [1.82, 2.24) is 5.32 Å². The minimum Gasteiger partial charge on any atom is -0.378 e. The van der Waals surface area contributed by atoms with Gasteiger partial charge < -0.3 is 10.1 Å². The molecule has 2 nitrogen and oxygen atoms in total. The van der Waals surface area contributed by atoms with Crippen LogP contribution in [0.1, 0.15) is 40.0 Å². The fraction of sp³-hybridized carbons (Fsp3) is 0.846. The van der Waals surface area contributed by atoms with Gasteiger partial charge in [0, 0.05) is 25.0 Å². The van der Waals surface area contributed by atoms with E-state index in [0.29, 0.717) is 18.1 Å². The Kier molecular flexibility index (Phi) is 5.75. The van der Waals surface area contributed by atoms with E-state index in [1.54, 1.807) is 0 Å². The zero-order valence-electron chi connectivity index (χ0n) is 10.2. The first-order valence-electron chi connectivity index (χ1n) is 6.04. The van der Waals surface area contributed by atoms with Gasteiger partial charge in [0.2, 0.25) is 0 Å². The Hall–Kier alpha value is -0.520. The van der Waals surface area contributed by atoms with Gasteiger partial charge in [0.15, 0.2) is 0 Å². The van der Waals surface area contributed by atoms with Crippen LogP contribution in [0.2, 0.25) is 0 Å². The Morgan fingerprint density at radius 3 is 2.87 bits per heavy atom. The fourth-order valence-electron chi connectivity index (χ4n) is 2.36. The predicted molar refractivity (Wildman–Crippen MR) is 63.7 cm³/mol. The van der Waals surface area contributed by atoms with Crippen LogP contribution in [0.3, 0.4) is 0 Å². The number of ether oxygens (including phenoxy) is 1. The fourth-order valence-corrected chi connectivity index (χ4v) is 2.36. The van der Waals surface area contributed by atoms with Crippen molar-refractivity contribution in [1.29, 1.82) is 0 Å². The Bertz CT molecular complexity index is 228. The highest BCUT2D eigenvalue weighted by Gasteiger charge is 2.30. The molecule has 3 unspecified atom stereocenters. The van der Waals surface area contributed by atoms with Gasteiger partial charge in [0.25, 0.3) is 0 Å². The zero-order valence-corrected chi connectivity index (χ0v) is 10.2. The first-order valence-corrected chi connectivity index (χ1v) is 6.04. The van der Waals surface area contributed by atoms with Crippen LogP contribution in [0.25, 0.3) is 0 Å². The lowest BCUT2D eigenvalue weighted by atomic mass is 9.90. The summed E-state index contributed by atoms with van der Waals surface area (Å²) < 4.78 is 5.62. The molecule has 0 bridgehead atoms. The minimum absolute atomic E-state index is 0.406. The molecule has 0 aromatic rings. The Morgan fingerprint density at radius 1 is 1.53 bits per heavy atom. The maximum atomic E-state index is 5.62. The van der Waals surface area contributed by atoms with Crippen LogP contribution in [0.15, 0.2) is 0 Å². The zero-order chi connectivity index (χ0) is 11.1. The number of hydrogen-bond donors (Lipinski definition) is 1. The van der Waals surface area contributed by atoms with Crippen LogP contribution in [0, 0.1) is 17.8 Å². The summed E-state index contributed by atoms with van der Waals surface area (Å²) in [7, 11) is 0. The van der Waals surface area contributed by atoms with E-state index in [-0.39, 0.29) is 0 Å². The van der Waals surface area contributed by atoms with E-state index >= 15 is 0 Å². The van der Waals surface area contributed by atoms with E-state index in [2.05, 4.69) is 31.0 Å². The molecule has 0 spiro atoms. The van der Waals surface area contributed by atoms with E-state index in [1.807, 2.05) is 6.92 Å². The second-order valence-corrected chi connectivity index (χ2v) is 4.16. The molecule has 1 saturated heterocycles. The van der Waals surface area contributed by atoms with Crippen LogP contribution < -0.4 is 5.32 Å². The van der Waals surface area contributed by atoms with E-state index in [4.69, 9.17) is 4.74 Å². The highest BCUT2D eigenvalue weighted by atomic mass is 16.5. The number of rotatable bonds is 5. The van der Waals surface area contributed by atoms with Gasteiger partial charge in [0.1, 0.15) is 0 Å². The van der Waals surface area contributed by atoms with Gasteiger partial charge in [-0.3, -0.25) is 0 Å².